The minimum Gasteiger partial charge on any atom is -0.399 e. The van der Waals surface area contributed by atoms with Crippen molar-refractivity contribution >= 4 is 18.5 Å². The third kappa shape index (κ3) is 4.51. The van der Waals surface area contributed by atoms with E-state index >= 15 is 0 Å². The second kappa shape index (κ2) is 6.48. The highest BCUT2D eigenvalue weighted by Gasteiger charge is 1.98. The third-order valence-electron chi connectivity index (χ3n) is 2.28. The molecule has 0 aliphatic carbocycles. The lowest BCUT2D eigenvalue weighted by Crippen LogP contribution is -1.98. The molecule has 0 atom stereocenters. The summed E-state index contributed by atoms with van der Waals surface area (Å²) in [6.07, 6.45) is 10.1. The molecular formula is C15H19N2+. The van der Waals surface area contributed by atoms with Crippen LogP contribution in [0.25, 0.3) is 6.08 Å². The van der Waals surface area contributed by atoms with Crippen LogP contribution in [0.4, 0.5) is 5.69 Å². The zero-order valence-electron chi connectivity index (χ0n) is 10.4. The molecule has 0 amide bonds. The first-order valence-corrected chi connectivity index (χ1v) is 5.54. The zero-order valence-corrected chi connectivity index (χ0v) is 10.4. The summed E-state index contributed by atoms with van der Waals surface area (Å²) < 4.78 is 1.83. The number of nitrogen functional groups attached to an aromatic ring is 1. The van der Waals surface area contributed by atoms with Gasteiger partial charge in [0.2, 0.25) is 5.70 Å². The molecule has 0 saturated heterocycles. The van der Waals surface area contributed by atoms with Crippen molar-refractivity contribution in [1.29, 1.82) is 0 Å². The fraction of sp³-hybridized carbons (Fsp3) is 0.133. The van der Waals surface area contributed by atoms with Gasteiger partial charge in [-0.25, -0.2) is 4.58 Å². The molecule has 0 saturated carbocycles. The Bertz CT molecular complexity index is 462. The SMILES string of the molecule is C=[N+](C)/C(C=Cc1ccc(N)cc1)=C\C=C/C. The summed E-state index contributed by atoms with van der Waals surface area (Å²) in [5.41, 5.74) is 8.57. The Morgan fingerprint density at radius 3 is 2.47 bits per heavy atom. The predicted octanol–water partition coefficient (Wildman–Crippen LogP) is 3.08. The highest BCUT2D eigenvalue weighted by molar-refractivity contribution is 5.55. The fourth-order valence-corrected chi connectivity index (χ4v) is 1.29. The molecule has 17 heavy (non-hydrogen) atoms. The molecule has 1 rings (SSSR count). The summed E-state index contributed by atoms with van der Waals surface area (Å²) in [5, 5.41) is 0. The Balaban J connectivity index is 2.87. The second-order valence-corrected chi connectivity index (χ2v) is 3.82. The molecule has 1 aromatic rings. The molecule has 0 unspecified atom stereocenters. The van der Waals surface area contributed by atoms with Crippen LogP contribution in [0.3, 0.4) is 0 Å². The van der Waals surface area contributed by atoms with Gasteiger partial charge in [-0.2, -0.15) is 0 Å². The van der Waals surface area contributed by atoms with Crippen molar-refractivity contribution < 1.29 is 4.58 Å². The second-order valence-electron chi connectivity index (χ2n) is 3.82. The number of benzene rings is 1. The Kier molecular flexibility index (Phi) is 4.95. The molecule has 88 valence electrons. The van der Waals surface area contributed by atoms with Gasteiger partial charge in [-0.15, -0.1) is 0 Å². The van der Waals surface area contributed by atoms with E-state index in [-0.39, 0.29) is 0 Å². The maximum Gasteiger partial charge on any atom is 0.204 e. The lowest BCUT2D eigenvalue weighted by molar-refractivity contribution is -0.428. The minimum absolute atomic E-state index is 0.779. The van der Waals surface area contributed by atoms with Gasteiger partial charge in [-0.05, 0) is 30.7 Å². The van der Waals surface area contributed by atoms with Gasteiger partial charge in [0.25, 0.3) is 0 Å². The van der Waals surface area contributed by atoms with Crippen molar-refractivity contribution in [3.05, 3.63) is 59.8 Å². The summed E-state index contributed by atoms with van der Waals surface area (Å²) in [6.45, 7) is 5.87. The predicted molar refractivity (Wildman–Crippen MR) is 76.1 cm³/mol. The van der Waals surface area contributed by atoms with Crippen molar-refractivity contribution in [2.24, 2.45) is 0 Å². The largest absolute Gasteiger partial charge is 0.399 e. The van der Waals surface area contributed by atoms with Crippen LogP contribution in [0, 0.1) is 0 Å². The lowest BCUT2D eigenvalue weighted by Gasteiger charge is -1.96. The molecule has 0 spiro atoms. The topological polar surface area (TPSA) is 29.0 Å². The molecule has 2 N–H and O–H groups in total. The molecule has 0 heterocycles. The number of anilines is 1. The molecule has 0 radical (unpaired) electrons. The first-order chi connectivity index (χ1) is 8.13. The standard InChI is InChI=1S/C15H19N2/c1-4-5-6-15(17(2)3)12-9-13-7-10-14(16)11-8-13/h4-12H,2,16H2,1,3H3/q+1/b5-4-,12-9?,15-6-. The van der Waals surface area contributed by atoms with Gasteiger partial charge >= 0.3 is 0 Å². The van der Waals surface area contributed by atoms with Gasteiger partial charge in [0.05, 0.1) is 0 Å². The smallest absolute Gasteiger partial charge is 0.204 e. The maximum absolute atomic E-state index is 5.63. The summed E-state index contributed by atoms with van der Waals surface area (Å²) in [4.78, 5) is 0. The summed E-state index contributed by atoms with van der Waals surface area (Å²) in [5.74, 6) is 0. The molecule has 0 fully saturated rings. The van der Waals surface area contributed by atoms with E-state index in [1.165, 1.54) is 0 Å². The lowest BCUT2D eigenvalue weighted by atomic mass is 10.2. The number of rotatable bonds is 4. The highest BCUT2D eigenvalue weighted by Crippen LogP contribution is 2.09. The Hall–Kier alpha value is -2.09. The molecule has 0 aliphatic heterocycles. The van der Waals surface area contributed by atoms with Crippen LogP contribution in [-0.4, -0.2) is 18.3 Å². The van der Waals surface area contributed by atoms with Crippen LogP contribution in [0.1, 0.15) is 12.5 Å². The van der Waals surface area contributed by atoms with E-state index in [9.17, 15) is 0 Å². The number of hydrogen-bond acceptors (Lipinski definition) is 1. The Morgan fingerprint density at radius 2 is 1.94 bits per heavy atom. The average Bonchev–Trinajstić information content (AvgIpc) is 2.31. The van der Waals surface area contributed by atoms with Gasteiger partial charge in [0.15, 0.2) is 0 Å². The Morgan fingerprint density at radius 1 is 1.29 bits per heavy atom. The number of likely N-dealkylation sites (N-methyl/N-ethyl adjacent to an activating group) is 1. The molecule has 0 aliphatic rings. The van der Waals surface area contributed by atoms with Gasteiger partial charge in [-0.1, -0.05) is 24.3 Å². The van der Waals surface area contributed by atoms with Crippen molar-refractivity contribution in [1.82, 2.24) is 0 Å². The summed E-state index contributed by atoms with van der Waals surface area (Å²) in [7, 11) is 1.92. The molecule has 0 aromatic heterocycles. The molecular weight excluding hydrogens is 208 g/mol. The number of hydrogen-bond donors (Lipinski definition) is 1. The third-order valence-corrected chi connectivity index (χ3v) is 2.28. The van der Waals surface area contributed by atoms with Gasteiger partial charge in [0.1, 0.15) is 13.8 Å². The van der Waals surface area contributed by atoms with E-state index in [0.29, 0.717) is 0 Å². The first-order valence-electron chi connectivity index (χ1n) is 5.54. The fourth-order valence-electron chi connectivity index (χ4n) is 1.29. The molecule has 2 nitrogen and oxygen atoms in total. The van der Waals surface area contributed by atoms with Crippen LogP contribution < -0.4 is 5.73 Å². The van der Waals surface area contributed by atoms with Crippen molar-refractivity contribution in [3.63, 3.8) is 0 Å². The molecule has 2 heteroatoms. The van der Waals surface area contributed by atoms with E-state index in [1.807, 2.05) is 73.2 Å². The number of allylic oxidation sites excluding steroid dienone is 4. The van der Waals surface area contributed by atoms with Crippen LogP contribution in [-0.2, 0) is 0 Å². The van der Waals surface area contributed by atoms with E-state index in [4.69, 9.17) is 5.73 Å². The Labute approximate surface area is 103 Å². The van der Waals surface area contributed by atoms with E-state index in [0.717, 1.165) is 16.9 Å². The van der Waals surface area contributed by atoms with Crippen molar-refractivity contribution in [2.75, 3.05) is 12.8 Å². The summed E-state index contributed by atoms with van der Waals surface area (Å²) >= 11 is 0. The monoisotopic (exact) mass is 227 g/mol. The van der Waals surface area contributed by atoms with Crippen molar-refractivity contribution in [3.8, 4) is 0 Å². The summed E-state index contributed by atoms with van der Waals surface area (Å²) in [6, 6.07) is 7.76. The molecule has 1 aromatic carbocycles. The van der Waals surface area contributed by atoms with Gasteiger partial charge in [0, 0.05) is 17.8 Å². The quantitative estimate of drug-likeness (QED) is 0.364. The zero-order chi connectivity index (χ0) is 12.7. The van der Waals surface area contributed by atoms with Crippen LogP contribution in [0.15, 0.2) is 54.3 Å². The van der Waals surface area contributed by atoms with E-state index < -0.39 is 0 Å². The van der Waals surface area contributed by atoms with Crippen molar-refractivity contribution in [2.45, 2.75) is 6.92 Å². The average molecular weight is 227 g/mol. The maximum atomic E-state index is 5.63. The van der Waals surface area contributed by atoms with Crippen LogP contribution in [0.5, 0.6) is 0 Å². The van der Waals surface area contributed by atoms with Gasteiger partial charge in [-0.3, -0.25) is 0 Å². The van der Waals surface area contributed by atoms with E-state index in [2.05, 4.69) is 6.72 Å². The number of nitrogens with zero attached hydrogens (tertiary/aromatic N) is 1. The van der Waals surface area contributed by atoms with Gasteiger partial charge < -0.3 is 5.73 Å². The minimum atomic E-state index is 0.779. The molecule has 0 bridgehead atoms. The van der Waals surface area contributed by atoms with Crippen LogP contribution >= 0.6 is 0 Å². The normalized spacial score (nSPS) is 12.5. The van der Waals surface area contributed by atoms with E-state index in [1.54, 1.807) is 0 Å². The number of nitrogens with two attached hydrogens (primary N) is 1. The first kappa shape index (κ1) is 13.0. The highest BCUT2D eigenvalue weighted by atomic mass is 14.9. The van der Waals surface area contributed by atoms with Crippen LogP contribution in [0.2, 0.25) is 0 Å².